The zero-order valence-electron chi connectivity index (χ0n) is 10.2. The van der Waals surface area contributed by atoms with Crippen LogP contribution in [0.25, 0.3) is 0 Å². The summed E-state index contributed by atoms with van der Waals surface area (Å²) in [7, 11) is -4.07. The summed E-state index contributed by atoms with van der Waals surface area (Å²) >= 11 is 2.67. The second-order valence-electron chi connectivity index (χ2n) is 3.38. The molecule has 0 aromatic carbocycles. The second kappa shape index (κ2) is 8.42. The van der Waals surface area contributed by atoms with Crippen molar-refractivity contribution in [3.63, 3.8) is 0 Å². The number of aromatic nitrogens is 1. The van der Waals surface area contributed by atoms with Gasteiger partial charge in [-0.1, -0.05) is 0 Å². The van der Waals surface area contributed by atoms with Crippen LogP contribution >= 0.6 is 35.5 Å². The number of aliphatic imine (C=N–C) groups is 1. The van der Waals surface area contributed by atoms with Crippen LogP contribution in [0.4, 0.5) is 5.13 Å². The topological polar surface area (TPSA) is 155 Å². The van der Waals surface area contributed by atoms with E-state index in [2.05, 4.69) is 15.1 Å². The monoisotopic (exact) mass is 359 g/mol. The molecule has 1 rings (SSSR count). The summed E-state index contributed by atoms with van der Waals surface area (Å²) < 4.78 is 21.3. The highest BCUT2D eigenvalue weighted by molar-refractivity contribution is 8.04. The Morgan fingerprint density at radius 2 is 2.10 bits per heavy atom. The lowest BCUT2D eigenvalue weighted by molar-refractivity contribution is -0.111. The normalized spacial score (nSPS) is 10.7. The standard InChI is InChI=1S/C8H13N5O3S3.ClH/c9-7(10)13-8-12-5(4-18-8)3-17-2-1-6(14)19(11,15)16;/h4H,1-3H2,(H2,11,15,16)(H4,9,10,12,13);1H. The number of nitrogens with two attached hydrogens (primary N) is 3. The van der Waals surface area contributed by atoms with Gasteiger partial charge in [0.2, 0.25) is 5.13 Å². The zero-order chi connectivity index (χ0) is 14.5. The van der Waals surface area contributed by atoms with Gasteiger partial charge in [0.05, 0.1) is 5.69 Å². The van der Waals surface area contributed by atoms with E-state index in [9.17, 15) is 13.2 Å². The summed E-state index contributed by atoms with van der Waals surface area (Å²) in [6, 6.07) is 0. The molecule has 0 bridgehead atoms. The number of rotatable bonds is 6. The Balaban J connectivity index is 0.00000361. The van der Waals surface area contributed by atoms with Crippen LogP contribution in [0, 0.1) is 0 Å². The van der Waals surface area contributed by atoms with Crippen LogP contribution in [0.3, 0.4) is 0 Å². The molecule has 0 saturated carbocycles. The summed E-state index contributed by atoms with van der Waals surface area (Å²) in [5, 5.41) is 5.97. The number of thioether (sulfide) groups is 1. The van der Waals surface area contributed by atoms with Crippen molar-refractivity contribution in [1.82, 2.24) is 4.98 Å². The van der Waals surface area contributed by atoms with Crippen LogP contribution in [0.1, 0.15) is 12.1 Å². The predicted octanol–water partition coefficient (Wildman–Crippen LogP) is -0.0918. The van der Waals surface area contributed by atoms with Crippen molar-refractivity contribution in [1.29, 1.82) is 0 Å². The van der Waals surface area contributed by atoms with Gasteiger partial charge in [-0.3, -0.25) is 4.79 Å². The first kappa shape index (κ1) is 19.1. The Morgan fingerprint density at radius 1 is 1.45 bits per heavy atom. The van der Waals surface area contributed by atoms with Gasteiger partial charge in [0.25, 0.3) is 15.1 Å². The quantitative estimate of drug-likeness (QED) is 0.364. The van der Waals surface area contributed by atoms with Crippen molar-refractivity contribution in [2.75, 3.05) is 5.75 Å². The first-order chi connectivity index (χ1) is 8.79. The number of halogens is 1. The van der Waals surface area contributed by atoms with E-state index in [-0.39, 0.29) is 24.8 Å². The van der Waals surface area contributed by atoms with Crippen molar-refractivity contribution < 1.29 is 13.2 Å². The molecular formula is C8H14ClN5O3S3. The van der Waals surface area contributed by atoms with E-state index in [1.165, 1.54) is 23.1 Å². The molecular weight excluding hydrogens is 346 g/mol. The fourth-order valence-corrected chi connectivity index (χ4v) is 3.16. The number of carbonyl (C=O) groups excluding carboxylic acids is 1. The summed E-state index contributed by atoms with van der Waals surface area (Å²) in [5.41, 5.74) is 11.2. The fraction of sp³-hybridized carbons (Fsp3) is 0.375. The Labute approximate surface area is 130 Å². The lowest BCUT2D eigenvalue weighted by atomic mass is 10.5. The van der Waals surface area contributed by atoms with Gasteiger partial charge < -0.3 is 11.5 Å². The Kier molecular flexibility index (Phi) is 8.05. The minimum absolute atomic E-state index is 0. The van der Waals surface area contributed by atoms with Crippen molar-refractivity contribution in [3.05, 3.63) is 11.1 Å². The highest BCUT2D eigenvalue weighted by atomic mass is 35.5. The average molecular weight is 360 g/mol. The summed E-state index contributed by atoms with van der Waals surface area (Å²) in [5.74, 6) is 0.825. The third-order valence-corrected chi connectivity index (χ3v) is 4.40. The molecule has 0 saturated heterocycles. The van der Waals surface area contributed by atoms with Gasteiger partial charge >= 0.3 is 0 Å². The first-order valence-corrected chi connectivity index (χ1v) is 8.54. The minimum atomic E-state index is -4.07. The first-order valence-electron chi connectivity index (χ1n) is 4.96. The van der Waals surface area contributed by atoms with Gasteiger partial charge in [-0.2, -0.15) is 16.8 Å². The molecule has 0 aliphatic carbocycles. The molecule has 1 heterocycles. The fourth-order valence-electron chi connectivity index (χ4n) is 0.999. The van der Waals surface area contributed by atoms with Crippen molar-refractivity contribution in [3.8, 4) is 0 Å². The van der Waals surface area contributed by atoms with E-state index >= 15 is 0 Å². The van der Waals surface area contributed by atoms with Crippen LogP contribution < -0.4 is 16.6 Å². The minimum Gasteiger partial charge on any atom is -0.370 e. The van der Waals surface area contributed by atoms with Gasteiger partial charge in [-0.05, 0) is 0 Å². The molecule has 12 heteroatoms. The van der Waals surface area contributed by atoms with Crippen LogP contribution in [-0.4, -0.2) is 30.2 Å². The largest absolute Gasteiger partial charge is 0.370 e. The van der Waals surface area contributed by atoms with Crippen LogP contribution in [0.15, 0.2) is 10.4 Å². The molecule has 1 aromatic heterocycles. The number of primary sulfonamides is 1. The Morgan fingerprint density at radius 3 is 2.65 bits per heavy atom. The van der Waals surface area contributed by atoms with Gasteiger partial charge in [0.15, 0.2) is 5.96 Å². The number of hydrogen-bond acceptors (Lipinski definition) is 7. The zero-order valence-corrected chi connectivity index (χ0v) is 13.4. The highest BCUT2D eigenvalue weighted by Crippen LogP contribution is 2.22. The Bertz CT molecular complexity index is 582. The molecule has 0 fully saturated rings. The lowest BCUT2D eigenvalue weighted by Gasteiger charge is -1.98. The van der Waals surface area contributed by atoms with Crippen molar-refractivity contribution in [2.45, 2.75) is 12.2 Å². The van der Waals surface area contributed by atoms with Crippen LogP contribution in [0.5, 0.6) is 0 Å². The van der Waals surface area contributed by atoms with Crippen molar-refractivity contribution >= 4 is 61.7 Å². The molecule has 0 aliphatic heterocycles. The van der Waals surface area contributed by atoms with E-state index < -0.39 is 15.1 Å². The average Bonchev–Trinajstić information content (AvgIpc) is 2.69. The summed E-state index contributed by atoms with van der Waals surface area (Å²) in [6.45, 7) is 0. The van der Waals surface area contributed by atoms with Crippen LogP contribution in [0.2, 0.25) is 0 Å². The van der Waals surface area contributed by atoms with Gasteiger partial charge in [0, 0.05) is 23.3 Å². The number of nitrogens with zero attached hydrogens (tertiary/aromatic N) is 2. The van der Waals surface area contributed by atoms with E-state index in [1.807, 2.05) is 0 Å². The van der Waals surface area contributed by atoms with Gasteiger partial charge in [0.1, 0.15) is 0 Å². The molecule has 0 atom stereocenters. The van der Waals surface area contributed by atoms with E-state index in [0.717, 1.165) is 5.69 Å². The maximum Gasteiger partial charge on any atom is 0.271 e. The predicted molar refractivity (Wildman–Crippen MR) is 83.7 cm³/mol. The number of thiazole rings is 1. The summed E-state index contributed by atoms with van der Waals surface area (Å²) in [6.07, 6.45) is -0.117. The van der Waals surface area contributed by atoms with Crippen molar-refractivity contribution in [2.24, 2.45) is 21.6 Å². The third-order valence-electron chi connectivity index (χ3n) is 1.78. The lowest BCUT2D eigenvalue weighted by Crippen LogP contribution is -2.23. The second-order valence-corrected chi connectivity index (χ2v) is 6.86. The molecule has 0 spiro atoms. The molecule has 6 N–H and O–H groups in total. The van der Waals surface area contributed by atoms with Gasteiger partial charge in [-0.15, -0.1) is 23.7 Å². The van der Waals surface area contributed by atoms with E-state index in [1.54, 1.807) is 5.38 Å². The maximum absolute atomic E-state index is 11.0. The van der Waals surface area contributed by atoms with E-state index in [4.69, 9.17) is 11.5 Å². The third kappa shape index (κ3) is 7.05. The SMILES string of the molecule is Cl.NC(N)=Nc1nc(CSCCC(=O)S(N)(=O)=O)cs1. The smallest absolute Gasteiger partial charge is 0.271 e. The molecule has 20 heavy (non-hydrogen) atoms. The molecule has 0 amide bonds. The molecule has 1 aromatic rings. The summed E-state index contributed by atoms with van der Waals surface area (Å²) in [4.78, 5) is 18.9. The van der Waals surface area contributed by atoms with Crippen LogP contribution in [-0.2, 0) is 20.6 Å². The number of carbonyl (C=O) groups is 1. The molecule has 0 unspecified atom stereocenters. The Hall–Kier alpha value is -0.880. The number of hydrogen-bond donors (Lipinski definition) is 3. The van der Waals surface area contributed by atoms with Gasteiger partial charge in [-0.25, -0.2) is 18.5 Å². The number of sulfonamides is 1. The highest BCUT2D eigenvalue weighted by Gasteiger charge is 2.15. The maximum atomic E-state index is 11.0. The number of guanidine groups is 1. The molecule has 8 nitrogen and oxygen atoms in total. The van der Waals surface area contributed by atoms with E-state index in [0.29, 0.717) is 16.6 Å². The molecule has 0 radical (unpaired) electrons. The molecule has 0 aliphatic rings. The molecule has 114 valence electrons.